The van der Waals surface area contributed by atoms with Crippen LogP contribution >= 0.6 is 0 Å². The van der Waals surface area contributed by atoms with Gasteiger partial charge in [-0.2, -0.15) is 0 Å². The van der Waals surface area contributed by atoms with Crippen molar-refractivity contribution in [2.45, 2.75) is 31.7 Å². The van der Waals surface area contributed by atoms with Crippen LogP contribution in [0.1, 0.15) is 48.4 Å². The number of carbonyl (C=O) groups excluding carboxylic acids is 2. The number of H-pyrrole nitrogens is 1. The van der Waals surface area contributed by atoms with E-state index in [9.17, 15) is 9.59 Å². The third-order valence-electron chi connectivity index (χ3n) is 7.51. The van der Waals surface area contributed by atoms with Crippen molar-refractivity contribution < 1.29 is 9.59 Å². The number of carbonyl (C=O) groups is 2. The molecule has 6 rings (SSSR count). The maximum Gasteiger partial charge on any atom is 0.219 e. The van der Waals surface area contributed by atoms with Crippen LogP contribution in [0, 0.1) is 0 Å². The number of hydrogen-bond donors (Lipinski definition) is 3. The number of aromatic nitrogens is 2. The van der Waals surface area contributed by atoms with Crippen LogP contribution in [0.4, 0.5) is 11.5 Å². The Morgan fingerprint density at radius 1 is 1.08 bits per heavy atom. The number of benzene rings is 2. The summed E-state index contributed by atoms with van der Waals surface area (Å²) in [5.41, 5.74) is 6.89. The first-order chi connectivity index (χ1) is 18.1. The van der Waals surface area contributed by atoms with Crippen LogP contribution < -0.4 is 10.6 Å². The molecule has 2 aromatic heterocycles. The molecule has 0 radical (unpaired) electrons. The molecule has 1 unspecified atom stereocenters. The first-order valence-corrected chi connectivity index (χ1v) is 12.7. The molecule has 1 fully saturated rings. The highest BCUT2D eigenvalue weighted by Crippen LogP contribution is 2.35. The van der Waals surface area contributed by atoms with E-state index in [-0.39, 0.29) is 5.91 Å². The number of pyridine rings is 1. The van der Waals surface area contributed by atoms with Crippen LogP contribution in [0.2, 0.25) is 0 Å². The maximum atomic E-state index is 11.9. The second-order valence-corrected chi connectivity index (χ2v) is 9.78. The van der Waals surface area contributed by atoms with Gasteiger partial charge in [-0.3, -0.25) is 4.79 Å². The zero-order valence-electron chi connectivity index (χ0n) is 20.7. The lowest BCUT2D eigenvalue weighted by molar-refractivity contribution is -0.129. The van der Waals surface area contributed by atoms with Crippen molar-refractivity contribution in [3.8, 4) is 11.3 Å². The summed E-state index contributed by atoms with van der Waals surface area (Å²) >= 11 is 0. The predicted octanol–water partition coefficient (Wildman–Crippen LogP) is 5.51. The molecule has 1 atom stereocenters. The summed E-state index contributed by atoms with van der Waals surface area (Å²) in [6, 6.07) is 18.3. The Kier molecular flexibility index (Phi) is 5.96. The first-order valence-electron chi connectivity index (χ1n) is 12.7. The second kappa shape index (κ2) is 9.58. The van der Waals surface area contributed by atoms with Gasteiger partial charge in [0.2, 0.25) is 5.91 Å². The molecule has 0 saturated carbocycles. The predicted molar refractivity (Wildman–Crippen MR) is 146 cm³/mol. The van der Waals surface area contributed by atoms with Crippen molar-refractivity contribution in [3.63, 3.8) is 0 Å². The number of aromatic amines is 1. The lowest BCUT2D eigenvalue weighted by atomic mass is 9.89. The molecular formula is C30H29N5O2. The van der Waals surface area contributed by atoms with Gasteiger partial charge in [0, 0.05) is 48.5 Å². The van der Waals surface area contributed by atoms with Gasteiger partial charge < -0.3 is 25.3 Å². The number of amides is 1. The Hall–Kier alpha value is -4.39. The van der Waals surface area contributed by atoms with Gasteiger partial charge in [-0.15, -0.1) is 0 Å². The molecule has 3 N–H and O–H groups in total. The quantitative estimate of drug-likeness (QED) is 0.320. The molecule has 0 bridgehead atoms. The standard InChI is InChI=1S/C30H29N5O2/c1-19(37)35-14-10-21(11-15-35)20-4-6-25(7-5-20)33-30-29-24(9-13-32-28(29)18-36)17-27(34-30)23-3-2-22-8-12-31-26(22)16-23/h2-9,12-13,16-18,21,28,31-32H,10-11,14-15H2,1H3,(H,33,34). The van der Waals surface area contributed by atoms with E-state index in [2.05, 4.69) is 58.1 Å². The molecule has 2 aliphatic rings. The van der Waals surface area contributed by atoms with E-state index >= 15 is 0 Å². The Morgan fingerprint density at radius 3 is 2.65 bits per heavy atom. The van der Waals surface area contributed by atoms with Crippen LogP contribution in [-0.2, 0) is 9.59 Å². The van der Waals surface area contributed by atoms with E-state index in [1.165, 1.54) is 5.56 Å². The number of fused-ring (bicyclic) bond motifs is 2. The number of aldehydes is 1. The number of nitrogens with zero attached hydrogens (tertiary/aromatic N) is 2. The molecular weight excluding hydrogens is 462 g/mol. The fourth-order valence-electron chi connectivity index (χ4n) is 5.43. The van der Waals surface area contributed by atoms with E-state index in [0.29, 0.717) is 11.7 Å². The molecule has 37 heavy (non-hydrogen) atoms. The molecule has 0 aliphatic carbocycles. The normalized spacial score (nSPS) is 17.3. The van der Waals surface area contributed by atoms with Crippen molar-refractivity contribution in [1.29, 1.82) is 0 Å². The zero-order chi connectivity index (χ0) is 25.4. The average molecular weight is 492 g/mol. The van der Waals surface area contributed by atoms with Crippen LogP contribution in [0.15, 0.2) is 67.0 Å². The highest BCUT2D eigenvalue weighted by Gasteiger charge is 2.24. The number of anilines is 2. The van der Waals surface area contributed by atoms with Gasteiger partial charge >= 0.3 is 0 Å². The van der Waals surface area contributed by atoms with Gasteiger partial charge in [-0.1, -0.05) is 24.3 Å². The lowest BCUT2D eigenvalue weighted by Crippen LogP contribution is -2.36. The molecule has 1 amide bonds. The highest BCUT2D eigenvalue weighted by atomic mass is 16.2. The van der Waals surface area contributed by atoms with Crippen molar-refractivity contribution in [2.75, 3.05) is 18.4 Å². The summed E-state index contributed by atoms with van der Waals surface area (Å²) in [6.07, 6.45) is 8.60. The minimum absolute atomic E-state index is 0.154. The number of likely N-dealkylation sites (tertiary alicyclic amines) is 1. The SMILES string of the molecule is CC(=O)N1CCC(c2ccc(Nc3nc(-c4ccc5cc[nH]c5c4)cc4c3C(C=O)NC=C4)cc2)CC1. The summed E-state index contributed by atoms with van der Waals surface area (Å²) < 4.78 is 0. The van der Waals surface area contributed by atoms with E-state index in [4.69, 9.17) is 4.98 Å². The van der Waals surface area contributed by atoms with Gasteiger partial charge in [0.25, 0.3) is 0 Å². The Morgan fingerprint density at radius 2 is 1.89 bits per heavy atom. The summed E-state index contributed by atoms with van der Waals surface area (Å²) in [4.78, 5) is 33.7. The van der Waals surface area contributed by atoms with Gasteiger partial charge in [0.15, 0.2) is 0 Å². The van der Waals surface area contributed by atoms with Gasteiger partial charge in [-0.25, -0.2) is 4.98 Å². The summed E-state index contributed by atoms with van der Waals surface area (Å²) in [6.45, 7) is 3.26. The van der Waals surface area contributed by atoms with Crippen molar-refractivity contribution in [2.24, 2.45) is 0 Å². The van der Waals surface area contributed by atoms with Gasteiger partial charge in [0.1, 0.15) is 18.1 Å². The van der Waals surface area contributed by atoms with Crippen LogP contribution in [0.25, 0.3) is 28.2 Å². The monoisotopic (exact) mass is 491 g/mol. The fraction of sp³-hybridized carbons (Fsp3) is 0.233. The maximum absolute atomic E-state index is 11.9. The number of hydrogen-bond acceptors (Lipinski definition) is 5. The third-order valence-corrected chi connectivity index (χ3v) is 7.51. The van der Waals surface area contributed by atoms with Crippen molar-refractivity contribution >= 4 is 40.7 Å². The van der Waals surface area contributed by atoms with E-state index in [1.54, 1.807) is 6.92 Å². The Labute approximate surface area is 215 Å². The molecule has 0 spiro atoms. The molecule has 4 heterocycles. The molecule has 2 aromatic carbocycles. The number of piperidine rings is 1. The topological polar surface area (TPSA) is 90.1 Å². The Bertz CT molecular complexity index is 1500. The van der Waals surface area contributed by atoms with E-state index < -0.39 is 6.04 Å². The summed E-state index contributed by atoms with van der Waals surface area (Å²) in [5, 5.41) is 7.77. The smallest absolute Gasteiger partial charge is 0.219 e. The molecule has 186 valence electrons. The minimum atomic E-state index is -0.472. The summed E-state index contributed by atoms with van der Waals surface area (Å²) in [7, 11) is 0. The van der Waals surface area contributed by atoms with E-state index in [1.807, 2.05) is 35.5 Å². The highest BCUT2D eigenvalue weighted by molar-refractivity contribution is 5.86. The lowest BCUT2D eigenvalue weighted by Gasteiger charge is -2.31. The fourth-order valence-corrected chi connectivity index (χ4v) is 5.43. The van der Waals surface area contributed by atoms with Gasteiger partial charge in [0.05, 0.1) is 5.69 Å². The van der Waals surface area contributed by atoms with Crippen LogP contribution in [0.5, 0.6) is 0 Å². The molecule has 7 heteroatoms. The van der Waals surface area contributed by atoms with Crippen molar-refractivity contribution in [3.05, 3.63) is 83.7 Å². The number of rotatable bonds is 5. The van der Waals surface area contributed by atoms with Crippen LogP contribution in [-0.4, -0.2) is 40.2 Å². The molecule has 4 aromatic rings. The minimum Gasteiger partial charge on any atom is -0.378 e. The van der Waals surface area contributed by atoms with Gasteiger partial charge in [-0.05, 0) is 77.9 Å². The largest absolute Gasteiger partial charge is 0.378 e. The molecule has 1 saturated heterocycles. The molecule has 7 nitrogen and oxygen atoms in total. The van der Waals surface area contributed by atoms with Crippen molar-refractivity contribution in [1.82, 2.24) is 20.2 Å². The third kappa shape index (κ3) is 4.48. The zero-order valence-corrected chi connectivity index (χ0v) is 20.7. The second-order valence-electron chi connectivity index (χ2n) is 9.78. The first kappa shape index (κ1) is 23.0. The number of nitrogens with one attached hydrogen (secondary N) is 3. The summed E-state index contributed by atoms with van der Waals surface area (Å²) in [5.74, 6) is 1.27. The Balaban J connectivity index is 1.31. The van der Waals surface area contributed by atoms with E-state index in [0.717, 1.165) is 71.2 Å². The van der Waals surface area contributed by atoms with Crippen LogP contribution in [0.3, 0.4) is 0 Å². The molecule has 2 aliphatic heterocycles. The average Bonchev–Trinajstić information content (AvgIpc) is 3.41.